The molecule has 1 fully saturated rings. The normalized spacial score (nSPS) is 21.0. The van der Waals surface area contributed by atoms with Crippen molar-refractivity contribution >= 4 is 12.2 Å². The number of rotatable bonds is 12. The van der Waals surface area contributed by atoms with Gasteiger partial charge in [0.25, 0.3) is 0 Å². The van der Waals surface area contributed by atoms with Crippen LogP contribution >= 0.6 is 0 Å². The molecule has 1 aliphatic heterocycles. The maximum atomic E-state index is 6.03. The highest BCUT2D eigenvalue weighted by atomic mass is 16.5. The predicted molar refractivity (Wildman–Crippen MR) is 130 cm³/mol. The van der Waals surface area contributed by atoms with E-state index in [9.17, 15) is 0 Å². The lowest BCUT2D eigenvalue weighted by Crippen LogP contribution is -2.50. The fourth-order valence-corrected chi connectivity index (χ4v) is 3.24. The zero-order chi connectivity index (χ0) is 22.5. The molecule has 5 N–H and O–H groups in total. The van der Waals surface area contributed by atoms with E-state index in [2.05, 4.69) is 46.1 Å². The fraction of sp³-hybridized carbons (Fsp3) is 0.500. The molecule has 4 atom stereocenters. The number of hydrogen-bond donors (Lipinski definition) is 4. The molecule has 0 amide bonds. The molecule has 0 spiro atoms. The van der Waals surface area contributed by atoms with Crippen molar-refractivity contribution in [2.75, 3.05) is 13.1 Å². The van der Waals surface area contributed by atoms with Gasteiger partial charge in [-0.05, 0) is 69.4 Å². The van der Waals surface area contributed by atoms with Crippen LogP contribution in [0.4, 0.5) is 0 Å². The first-order valence-electron chi connectivity index (χ1n) is 11.1. The summed E-state index contributed by atoms with van der Waals surface area (Å²) in [7, 11) is 0. The summed E-state index contributed by atoms with van der Waals surface area (Å²) in [5.74, 6) is 2.79. The average Bonchev–Trinajstić information content (AvgIpc) is 3.28. The van der Waals surface area contributed by atoms with Gasteiger partial charge in [-0.15, -0.1) is 0 Å². The predicted octanol–water partition coefficient (Wildman–Crippen LogP) is 3.38. The van der Waals surface area contributed by atoms with Crippen LogP contribution in [-0.4, -0.2) is 37.5 Å². The molecule has 1 aromatic rings. The molecule has 7 heteroatoms. The molecule has 7 nitrogen and oxygen atoms in total. The highest BCUT2D eigenvalue weighted by molar-refractivity contribution is 5.85. The third-order valence-corrected chi connectivity index (χ3v) is 5.38. The SMILES string of the molecule is C/C=C\C(=C/CC(C)C(C)C(/N=C\N=C(/C)N)NNC1CCNC1)Oc1ccccc1. The summed E-state index contributed by atoms with van der Waals surface area (Å²) in [5.41, 5.74) is 12.5. The first kappa shape index (κ1) is 24.8. The second-order valence-electron chi connectivity index (χ2n) is 8.05. The third kappa shape index (κ3) is 9.46. The Balaban J connectivity index is 2.02. The van der Waals surface area contributed by atoms with Gasteiger partial charge in [-0.25, -0.2) is 10.4 Å². The quantitative estimate of drug-likeness (QED) is 0.135. The van der Waals surface area contributed by atoms with Crippen molar-refractivity contribution in [3.05, 3.63) is 54.3 Å². The minimum Gasteiger partial charge on any atom is -0.458 e. The van der Waals surface area contributed by atoms with E-state index in [1.165, 1.54) is 0 Å². The van der Waals surface area contributed by atoms with Crippen LogP contribution in [0.1, 0.15) is 40.5 Å². The minimum absolute atomic E-state index is 0.118. The van der Waals surface area contributed by atoms with Crippen molar-refractivity contribution in [3.8, 4) is 5.75 Å². The summed E-state index contributed by atoms with van der Waals surface area (Å²) in [4.78, 5) is 8.74. The number of amidine groups is 1. The largest absolute Gasteiger partial charge is 0.458 e. The highest BCUT2D eigenvalue weighted by Gasteiger charge is 2.23. The number of para-hydroxylation sites is 1. The molecule has 1 aromatic carbocycles. The Morgan fingerprint density at radius 2 is 2.10 bits per heavy atom. The van der Waals surface area contributed by atoms with Gasteiger partial charge in [-0.1, -0.05) is 38.1 Å². The van der Waals surface area contributed by atoms with Crippen molar-refractivity contribution in [1.82, 2.24) is 16.2 Å². The number of hydrogen-bond acceptors (Lipinski definition) is 5. The smallest absolute Gasteiger partial charge is 0.127 e. The van der Waals surface area contributed by atoms with Gasteiger partial charge in [0.1, 0.15) is 24.0 Å². The van der Waals surface area contributed by atoms with Gasteiger partial charge in [0.15, 0.2) is 0 Å². The van der Waals surface area contributed by atoms with E-state index in [4.69, 9.17) is 10.5 Å². The summed E-state index contributed by atoms with van der Waals surface area (Å²) in [6.45, 7) is 10.2. The van der Waals surface area contributed by atoms with Crippen molar-refractivity contribution in [1.29, 1.82) is 0 Å². The molecule has 0 aromatic heterocycles. The number of hydrazine groups is 1. The van der Waals surface area contributed by atoms with E-state index in [-0.39, 0.29) is 12.1 Å². The standard InChI is InChI=1S/C24H38N6O/c1-5-9-22(31-23-10-7-6-8-11-23)13-12-18(2)19(3)24(28-17-27-20(4)25)30-29-21-14-15-26-16-21/h5-11,13,17-19,21,24,26,29-30H,12,14-16H2,1-4H3,(H2,25,27,28)/b9-5-,22-13+. The third-order valence-electron chi connectivity index (χ3n) is 5.38. The molecule has 2 rings (SSSR count). The van der Waals surface area contributed by atoms with Crippen LogP contribution in [0.3, 0.4) is 0 Å². The maximum absolute atomic E-state index is 6.03. The molecule has 170 valence electrons. The Kier molecular flexibility index (Phi) is 11.0. The van der Waals surface area contributed by atoms with Gasteiger partial charge in [-0.3, -0.25) is 10.4 Å². The van der Waals surface area contributed by atoms with Crippen molar-refractivity contribution in [3.63, 3.8) is 0 Å². The van der Waals surface area contributed by atoms with Crippen LogP contribution in [-0.2, 0) is 0 Å². The van der Waals surface area contributed by atoms with Gasteiger partial charge in [0, 0.05) is 12.6 Å². The Bertz CT molecular complexity index is 749. The second kappa shape index (κ2) is 13.7. The van der Waals surface area contributed by atoms with Gasteiger partial charge in [-0.2, -0.15) is 0 Å². The summed E-state index contributed by atoms with van der Waals surface area (Å²) in [5, 5.41) is 3.36. The molecule has 1 saturated heterocycles. The number of aliphatic imine (C=N–C) groups is 2. The molecule has 31 heavy (non-hydrogen) atoms. The number of ether oxygens (including phenoxy) is 1. The van der Waals surface area contributed by atoms with Crippen LogP contribution in [0.15, 0.2) is 64.3 Å². The van der Waals surface area contributed by atoms with E-state index < -0.39 is 0 Å². The van der Waals surface area contributed by atoms with Crippen LogP contribution in [0.25, 0.3) is 0 Å². The first-order valence-corrected chi connectivity index (χ1v) is 11.1. The zero-order valence-corrected chi connectivity index (χ0v) is 19.2. The summed E-state index contributed by atoms with van der Waals surface area (Å²) in [6.07, 6.45) is 9.52. The lowest BCUT2D eigenvalue weighted by molar-refractivity contribution is 0.255. The molecule has 4 unspecified atom stereocenters. The van der Waals surface area contributed by atoms with Crippen molar-refractivity contribution in [2.24, 2.45) is 27.6 Å². The number of nitrogens with one attached hydrogen (secondary N) is 3. The number of nitrogens with zero attached hydrogens (tertiary/aromatic N) is 2. The molecular weight excluding hydrogens is 388 g/mol. The van der Waals surface area contributed by atoms with Gasteiger partial charge in [0.2, 0.25) is 0 Å². The van der Waals surface area contributed by atoms with Crippen molar-refractivity contribution in [2.45, 2.75) is 52.7 Å². The van der Waals surface area contributed by atoms with E-state index in [1.807, 2.05) is 49.4 Å². The molecule has 0 bridgehead atoms. The van der Waals surface area contributed by atoms with Crippen LogP contribution in [0.5, 0.6) is 5.75 Å². The lowest BCUT2D eigenvalue weighted by atomic mass is 9.90. The minimum atomic E-state index is -0.118. The number of nitrogens with two attached hydrogens (primary N) is 1. The lowest BCUT2D eigenvalue weighted by Gasteiger charge is -2.28. The molecule has 1 heterocycles. The highest BCUT2D eigenvalue weighted by Crippen LogP contribution is 2.22. The van der Waals surface area contributed by atoms with E-state index >= 15 is 0 Å². The molecule has 0 radical (unpaired) electrons. The van der Waals surface area contributed by atoms with Crippen LogP contribution < -0.4 is 26.6 Å². The average molecular weight is 427 g/mol. The summed E-state index contributed by atoms with van der Waals surface area (Å²) < 4.78 is 6.03. The Hall–Kier alpha value is -2.48. The summed E-state index contributed by atoms with van der Waals surface area (Å²) in [6, 6.07) is 10.2. The second-order valence-corrected chi connectivity index (χ2v) is 8.05. The Labute approximate surface area is 186 Å². The summed E-state index contributed by atoms with van der Waals surface area (Å²) >= 11 is 0. The molecule has 0 aliphatic carbocycles. The number of allylic oxidation sites excluding steroid dienone is 3. The van der Waals surface area contributed by atoms with E-state index in [0.717, 1.165) is 37.4 Å². The maximum Gasteiger partial charge on any atom is 0.127 e. The topological polar surface area (TPSA) is 96.1 Å². The van der Waals surface area contributed by atoms with Crippen LogP contribution in [0, 0.1) is 11.8 Å². The Morgan fingerprint density at radius 1 is 1.32 bits per heavy atom. The van der Waals surface area contributed by atoms with E-state index in [1.54, 1.807) is 13.3 Å². The Morgan fingerprint density at radius 3 is 2.74 bits per heavy atom. The van der Waals surface area contributed by atoms with E-state index in [0.29, 0.717) is 17.8 Å². The van der Waals surface area contributed by atoms with Gasteiger partial charge in [0.05, 0.1) is 5.84 Å². The van der Waals surface area contributed by atoms with Crippen molar-refractivity contribution < 1.29 is 4.74 Å². The monoisotopic (exact) mass is 426 g/mol. The zero-order valence-electron chi connectivity index (χ0n) is 19.2. The van der Waals surface area contributed by atoms with Gasteiger partial charge >= 0.3 is 0 Å². The first-order chi connectivity index (χ1) is 15.0. The molecule has 1 aliphatic rings. The van der Waals surface area contributed by atoms with Gasteiger partial charge < -0.3 is 15.8 Å². The molecular formula is C24H38N6O. The van der Waals surface area contributed by atoms with Crippen LogP contribution in [0.2, 0.25) is 0 Å². The fourth-order valence-electron chi connectivity index (χ4n) is 3.24. The number of benzene rings is 1. The molecule has 0 saturated carbocycles.